The van der Waals surface area contributed by atoms with Gasteiger partial charge in [0.2, 0.25) is 0 Å². The van der Waals surface area contributed by atoms with Crippen LogP contribution in [0.2, 0.25) is 0 Å². The van der Waals surface area contributed by atoms with Crippen molar-refractivity contribution in [3.05, 3.63) is 83.9 Å². The maximum atomic E-state index is 13.2. The minimum atomic E-state index is -0.220. The number of hydrogen-bond donors (Lipinski definition) is 0. The van der Waals surface area contributed by atoms with Crippen molar-refractivity contribution in [1.82, 2.24) is 4.57 Å². The monoisotopic (exact) mass is 336 g/mol. The van der Waals surface area contributed by atoms with Crippen LogP contribution < -0.4 is 4.90 Å². The average Bonchev–Trinajstić information content (AvgIpc) is 3.31. The molecule has 128 valence electrons. The molecule has 1 saturated heterocycles. The minimum absolute atomic E-state index is 0.138. The molecule has 0 aliphatic carbocycles. The Morgan fingerprint density at radius 1 is 1.08 bits per heavy atom. The van der Waals surface area contributed by atoms with Gasteiger partial charge in [0, 0.05) is 35.9 Å². The highest BCUT2D eigenvalue weighted by molar-refractivity contribution is 5.49. The van der Waals surface area contributed by atoms with E-state index in [1.54, 1.807) is 12.1 Å². The molecule has 1 aromatic heterocycles. The number of benzene rings is 2. The maximum absolute atomic E-state index is 13.2. The van der Waals surface area contributed by atoms with Gasteiger partial charge in [-0.3, -0.25) is 0 Å². The van der Waals surface area contributed by atoms with Crippen LogP contribution in [0, 0.1) is 5.82 Å². The summed E-state index contributed by atoms with van der Waals surface area (Å²) in [6, 6.07) is 17.1. The van der Waals surface area contributed by atoms with Gasteiger partial charge in [0.25, 0.3) is 0 Å². The number of nitrogens with zero attached hydrogens (tertiary/aromatic N) is 2. The fourth-order valence-corrected chi connectivity index (χ4v) is 3.41. The molecule has 0 spiro atoms. The number of anilines is 1. The van der Waals surface area contributed by atoms with Gasteiger partial charge in [-0.25, -0.2) is 4.39 Å². The van der Waals surface area contributed by atoms with Crippen LogP contribution in [0.25, 0.3) is 5.69 Å². The number of rotatable bonds is 4. The van der Waals surface area contributed by atoms with Crippen LogP contribution in [-0.2, 0) is 11.2 Å². The number of ether oxygens (including phenoxy) is 1. The fourth-order valence-electron chi connectivity index (χ4n) is 3.41. The maximum Gasteiger partial charge on any atom is 0.158 e. The van der Waals surface area contributed by atoms with Gasteiger partial charge >= 0.3 is 0 Å². The van der Waals surface area contributed by atoms with E-state index in [1.165, 1.54) is 23.4 Å². The molecule has 2 heterocycles. The van der Waals surface area contributed by atoms with Crippen molar-refractivity contribution in [3.63, 3.8) is 0 Å². The second-order valence-electron chi connectivity index (χ2n) is 6.23. The van der Waals surface area contributed by atoms with Crippen LogP contribution in [-0.4, -0.2) is 17.7 Å². The summed E-state index contributed by atoms with van der Waals surface area (Å²) in [5, 5.41) is 0. The summed E-state index contributed by atoms with van der Waals surface area (Å²) in [4.78, 5) is 2.17. The molecule has 0 amide bonds. The molecule has 0 bridgehead atoms. The van der Waals surface area contributed by atoms with E-state index in [4.69, 9.17) is 4.74 Å². The minimum Gasteiger partial charge on any atom is -0.352 e. The third-order valence-electron chi connectivity index (χ3n) is 4.70. The molecule has 3 nitrogen and oxygen atoms in total. The summed E-state index contributed by atoms with van der Waals surface area (Å²) >= 11 is 0. The van der Waals surface area contributed by atoms with Crippen molar-refractivity contribution >= 4 is 5.69 Å². The van der Waals surface area contributed by atoms with Crippen LogP contribution >= 0.6 is 0 Å². The Balaban J connectivity index is 1.64. The molecule has 1 atom stereocenters. The highest BCUT2D eigenvalue weighted by atomic mass is 19.1. The predicted octanol–water partition coefficient (Wildman–Crippen LogP) is 4.71. The molecule has 0 N–H and O–H groups in total. The van der Waals surface area contributed by atoms with E-state index >= 15 is 0 Å². The van der Waals surface area contributed by atoms with E-state index in [1.807, 2.05) is 0 Å². The van der Waals surface area contributed by atoms with Crippen LogP contribution in [0.3, 0.4) is 0 Å². The number of hydrogen-bond acceptors (Lipinski definition) is 2. The first kappa shape index (κ1) is 15.9. The molecule has 25 heavy (non-hydrogen) atoms. The summed E-state index contributed by atoms with van der Waals surface area (Å²) in [6.45, 7) is 3.63. The van der Waals surface area contributed by atoms with Crippen molar-refractivity contribution in [3.8, 4) is 5.69 Å². The molecule has 4 heteroatoms. The normalized spacial score (nSPS) is 17.2. The first-order valence-corrected chi connectivity index (χ1v) is 8.66. The molecule has 0 radical (unpaired) electrons. The lowest BCUT2D eigenvalue weighted by molar-refractivity contribution is 0.114. The Kier molecular flexibility index (Phi) is 4.28. The Morgan fingerprint density at radius 3 is 2.68 bits per heavy atom. The summed E-state index contributed by atoms with van der Waals surface area (Å²) in [7, 11) is 0. The van der Waals surface area contributed by atoms with E-state index in [-0.39, 0.29) is 12.0 Å². The number of halogens is 1. The smallest absolute Gasteiger partial charge is 0.158 e. The van der Waals surface area contributed by atoms with Crippen molar-refractivity contribution in [2.75, 3.05) is 18.1 Å². The van der Waals surface area contributed by atoms with Gasteiger partial charge in [0.05, 0.1) is 6.61 Å². The number of aryl methyl sites for hydroxylation is 1. The van der Waals surface area contributed by atoms with Gasteiger partial charge in [-0.15, -0.1) is 0 Å². The van der Waals surface area contributed by atoms with Crippen LogP contribution in [0.4, 0.5) is 10.1 Å². The third-order valence-corrected chi connectivity index (χ3v) is 4.70. The summed E-state index contributed by atoms with van der Waals surface area (Å²) in [5.74, 6) is -0.220. The third kappa shape index (κ3) is 3.05. The second kappa shape index (κ2) is 6.73. The van der Waals surface area contributed by atoms with Crippen molar-refractivity contribution in [2.45, 2.75) is 19.6 Å². The Labute approximate surface area is 147 Å². The number of aromatic nitrogens is 1. The molecule has 1 aliphatic rings. The summed E-state index contributed by atoms with van der Waals surface area (Å²) in [5.41, 5.74) is 4.59. The van der Waals surface area contributed by atoms with Gasteiger partial charge in [-0.1, -0.05) is 25.1 Å². The SMILES string of the molecule is CCc1ccccc1-n1ccc([C@@H]2OCCN2c2ccc(F)cc2)c1. The van der Waals surface area contributed by atoms with Gasteiger partial charge in [0.1, 0.15) is 5.82 Å². The van der Waals surface area contributed by atoms with Crippen molar-refractivity contribution in [2.24, 2.45) is 0 Å². The van der Waals surface area contributed by atoms with Crippen LogP contribution in [0.15, 0.2) is 67.0 Å². The Hall–Kier alpha value is -2.59. The van der Waals surface area contributed by atoms with Gasteiger partial charge in [-0.2, -0.15) is 0 Å². The lowest BCUT2D eigenvalue weighted by atomic mass is 10.1. The molecular formula is C21H21FN2O. The predicted molar refractivity (Wildman–Crippen MR) is 97.6 cm³/mol. The van der Waals surface area contributed by atoms with Gasteiger partial charge in [0.15, 0.2) is 6.23 Å². The zero-order valence-electron chi connectivity index (χ0n) is 14.2. The Bertz CT molecular complexity index is 856. The Morgan fingerprint density at radius 2 is 1.88 bits per heavy atom. The quantitative estimate of drug-likeness (QED) is 0.686. The highest BCUT2D eigenvalue weighted by Crippen LogP contribution is 2.33. The van der Waals surface area contributed by atoms with Crippen molar-refractivity contribution < 1.29 is 9.13 Å². The molecule has 1 fully saturated rings. The topological polar surface area (TPSA) is 17.4 Å². The molecule has 4 rings (SSSR count). The highest BCUT2D eigenvalue weighted by Gasteiger charge is 2.28. The number of para-hydroxylation sites is 1. The average molecular weight is 336 g/mol. The summed E-state index contributed by atoms with van der Waals surface area (Å²) < 4.78 is 21.3. The second-order valence-corrected chi connectivity index (χ2v) is 6.23. The zero-order chi connectivity index (χ0) is 17.2. The van der Waals surface area contributed by atoms with E-state index in [0.29, 0.717) is 6.61 Å². The van der Waals surface area contributed by atoms with E-state index < -0.39 is 0 Å². The van der Waals surface area contributed by atoms with Crippen LogP contribution in [0.5, 0.6) is 0 Å². The van der Waals surface area contributed by atoms with Crippen LogP contribution in [0.1, 0.15) is 24.3 Å². The molecule has 1 aliphatic heterocycles. The molecular weight excluding hydrogens is 315 g/mol. The van der Waals surface area contributed by atoms with E-state index in [9.17, 15) is 4.39 Å². The first-order chi connectivity index (χ1) is 12.3. The first-order valence-electron chi connectivity index (χ1n) is 8.66. The largest absolute Gasteiger partial charge is 0.352 e. The van der Waals surface area contributed by atoms with Gasteiger partial charge < -0.3 is 14.2 Å². The molecule has 0 unspecified atom stereocenters. The lowest BCUT2D eigenvalue weighted by Gasteiger charge is -2.24. The van der Waals surface area contributed by atoms with Crippen molar-refractivity contribution in [1.29, 1.82) is 0 Å². The molecule has 0 saturated carbocycles. The summed E-state index contributed by atoms with van der Waals surface area (Å²) in [6.07, 6.45) is 5.06. The van der Waals surface area contributed by atoms with E-state index in [0.717, 1.165) is 24.2 Å². The zero-order valence-corrected chi connectivity index (χ0v) is 14.2. The van der Waals surface area contributed by atoms with E-state index in [2.05, 4.69) is 59.1 Å². The lowest BCUT2D eigenvalue weighted by Crippen LogP contribution is -2.22. The fraction of sp³-hybridized carbons (Fsp3) is 0.238. The molecule has 2 aromatic carbocycles. The van der Waals surface area contributed by atoms with Gasteiger partial charge in [-0.05, 0) is 48.4 Å². The standard InChI is InChI=1S/C21H21FN2O/c1-2-16-5-3-4-6-20(16)23-12-11-17(15-23)21-24(13-14-25-21)19-9-7-18(22)8-10-19/h3-12,15,21H,2,13-14H2,1H3/t21-/m0/s1. The molecule has 3 aromatic rings.